The molecule has 0 spiro atoms. The molecule has 0 aliphatic rings. The van der Waals surface area contributed by atoms with Crippen LogP contribution in [0.4, 0.5) is 5.69 Å². The number of nitrogens with zero attached hydrogens (tertiary/aromatic N) is 1. The number of hydrogen-bond acceptors (Lipinski definition) is 4. The first-order valence-corrected chi connectivity index (χ1v) is 7.33. The zero-order valence-corrected chi connectivity index (χ0v) is 12.6. The van der Waals surface area contributed by atoms with Crippen molar-refractivity contribution in [2.45, 2.75) is 32.7 Å². The topological polar surface area (TPSA) is 50.9 Å². The minimum absolute atomic E-state index is 0.0821. The Bertz CT molecular complexity index is 529. The van der Waals surface area contributed by atoms with Gasteiger partial charge in [0.1, 0.15) is 0 Å². The molecule has 1 aromatic carbocycles. The third kappa shape index (κ3) is 3.78. The van der Waals surface area contributed by atoms with Crippen molar-refractivity contribution >= 4 is 17.0 Å². The van der Waals surface area contributed by atoms with Crippen molar-refractivity contribution in [3.63, 3.8) is 0 Å². The summed E-state index contributed by atoms with van der Waals surface area (Å²) in [6.45, 7) is 8.23. The molecule has 0 amide bonds. The number of aromatic nitrogens is 1. The Balaban J connectivity index is 1.92. The van der Waals surface area contributed by atoms with Crippen LogP contribution >= 0.6 is 11.3 Å². The van der Waals surface area contributed by atoms with Crippen molar-refractivity contribution in [3.05, 3.63) is 45.9 Å². The van der Waals surface area contributed by atoms with E-state index in [1.54, 1.807) is 11.3 Å². The molecule has 3 N–H and O–H groups in total. The summed E-state index contributed by atoms with van der Waals surface area (Å²) in [5.41, 5.74) is 9.03. The molecule has 19 heavy (non-hydrogen) atoms. The van der Waals surface area contributed by atoms with Gasteiger partial charge in [-0.1, -0.05) is 26.0 Å². The van der Waals surface area contributed by atoms with Gasteiger partial charge in [0, 0.05) is 29.6 Å². The van der Waals surface area contributed by atoms with Gasteiger partial charge in [-0.25, -0.2) is 4.98 Å². The maximum Gasteiger partial charge on any atom is 0.0897 e. The average Bonchev–Trinajstić information content (AvgIpc) is 2.75. The molecular weight excluding hydrogens is 254 g/mol. The lowest BCUT2D eigenvalue weighted by atomic mass is 9.84. The Morgan fingerprint density at radius 3 is 2.53 bits per heavy atom. The molecule has 0 unspecified atom stereocenters. The zero-order chi connectivity index (χ0) is 13.9. The Morgan fingerprint density at radius 1 is 1.26 bits per heavy atom. The van der Waals surface area contributed by atoms with Gasteiger partial charge in [0.05, 0.1) is 10.7 Å². The smallest absolute Gasteiger partial charge is 0.0897 e. The molecular formula is C15H21N3S. The monoisotopic (exact) mass is 275 g/mol. The Labute approximate surface area is 118 Å². The van der Waals surface area contributed by atoms with Crippen LogP contribution in [-0.4, -0.2) is 11.5 Å². The van der Waals surface area contributed by atoms with Crippen molar-refractivity contribution in [3.8, 4) is 0 Å². The SMILES string of the molecule is Cc1nc(CNCC(C)(C)c2ccc(N)cc2)cs1. The summed E-state index contributed by atoms with van der Waals surface area (Å²) in [4.78, 5) is 4.45. The number of nitrogens with two attached hydrogens (primary N) is 1. The molecule has 0 aliphatic carbocycles. The highest BCUT2D eigenvalue weighted by Gasteiger charge is 2.19. The lowest BCUT2D eigenvalue weighted by Gasteiger charge is -2.25. The molecule has 102 valence electrons. The second-order valence-corrected chi connectivity index (χ2v) is 6.53. The number of rotatable bonds is 5. The molecule has 0 aliphatic heterocycles. The van der Waals surface area contributed by atoms with Crippen LogP contribution in [0.25, 0.3) is 0 Å². The molecule has 0 fully saturated rings. The second kappa shape index (κ2) is 5.72. The number of anilines is 1. The van der Waals surface area contributed by atoms with E-state index < -0.39 is 0 Å². The molecule has 2 aromatic rings. The van der Waals surface area contributed by atoms with Crippen LogP contribution in [0.2, 0.25) is 0 Å². The number of benzene rings is 1. The molecule has 2 rings (SSSR count). The van der Waals surface area contributed by atoms with Crippen molar-refractivity contribution in [1.29, 1.82) is 0 Å². The zero-order valence-electron chi connectivity index (χ0n) is 11.7. The van der Waals surface area contributed by atoms with Gasteiger partial charge in [-0.3, -0.25) is 0 Å². The van der Waals surface area contributed by atoms with E-state index >= 15 is 0 Å². The summed E-state index contributed by atoms with van der Waals surface area (Å²) in [5, 5.41) is 6.71. The van der Waals surface area contributed by atoms with Crippen LogP contribution in [0.15, 0.2) is 29.6 Å². The summed E-state index contributed by atoms with van der Waals surface area (Å²) >= 11 is 1.70. The maximum absolute atomic E-state index is 5.73. The van der Waals surface area contributed by atoms with Crippen molar-refractivity contribution in [2.24, 2.45) is 0 Å². The van der Waals surface area contributed by atoms with Crippen molar-refractivity contribution in [1.82, 2.24) is 10.3 Å². The minimum Gasteiger partial charge on any atom is -0.399 e. The first-order valence-electron chi connectivity index (χ1n) is 6.45. The Morgan fingerprint density at radius 2 is 1.95 bits per heavy atom. The highest BCUT2D eigenvalue weighted by molar-refractivity contribution is 7.09. The molecule has 0 atom stereocenters. The van der Waals surface area contributed by atoms with Crippen LogP contribution in [0.5, 0.6) is 0 Å². The van der Waals surface area contributed by atoms with E-state index in [4.69, 9.17) is 5.73 Å². The number of nitrogen functional groups attached to an aromatic ring is 1. The average molecular weight is 275 g/mol. The summed E-state index contributed by atoms with van der Waals surface area (Å²) in [7, 11) is 0. The summed E-state index contributed by atoms with van der Waals surface area (Å²) in [6.07, 6.45) is 0. The van der Waals surface area contributed by atoms with Gasteiger partial charge in [0.2, 0.25) is 0 Å². The Kier molecular flexibility index (Phi) is 4.22. The number of nitrogens with one attached hydrogen (secondary N) is 1. The predicted octanol–water partition coefficient (Wildman–Crippen LogP) is 3.10. The van der Waals surface area contributed by atoms with Gasteiger partial charge in [-0.15, -0.1) is 11.3 Å². The van der Waals surface area contributed by atoms with E-state index in [9.17, 15) is 0 Å². The molecule has 0 bridgehead atoms. The molecule has 4 heteroatoms. The second-order valence-electron chi connectivity index (χ2n) is 5.47. The molecule has 0 radical (unpaired) electrons. The fourth-order valence-corrected chi connectivity index (χ4v) is 2.64. The predicted molar refractivity (Wildman–Crippen MR) is 82.4 cm³/mol. The summed E-state index contributed by atoms with van der Waals surface area (Å²) in [5.74, 6) is 0. The fraction of sp³-hybridized carbons (Fsp3) is 0.400. The van der Waals surface area contributed by atoms with E-state index in [-0.39, 0.29) is 5.41 Å². The van der Waals surface area contributed by atoms with E-state index in [2.05, 4.69) is 41.7 Å². The normalized spacial score (nSPS) is 11.7. The molecule has 0 saturated carbocycles. The molecule has 3 nitrogen and oxygen atoms in total. The highest BCUT2D eigenvalue weighted by atomic mass is 32.1. The number of hydrogen-bond donors (Lipinski definition) is 2. The first-order chi connectivity index (χ1) is 8.97. The minimum atomic E-state index is 0.0821. The van der Waals surface area contributed by atoms with E-state index in [1.807, 2.05) is 19.1 Å². The van der Waals surface area contributed by atoms with E-state index in [1.165, 1.54) is 5.56 Å². The maximum atomic E-state index is 5.73. The Hall–Kier alpha value is -1.39. The molecule has 0 saturated heterocycles. The standard InChI is InChI=1S/C15H21N3S/c1-11-18-14(9-19-11)8-17-10-15(2,3)12-4-6-13(16)7-5-12/h4-7,9,17H,8,10,16H2,1-3H3. The quantitative estimate of drug-likeness (QED) is 0.824. The number of aryl methyl sites for hydroxylation is 1. The largest absolute Gasteiger partial charge is 0.399 e. The first kappa shape index (κ1) is 14.0. The van der Waals surface area contributed by atoms with Crippen LogP contribution in [-0.2, 0) is 12.0 Å². The molecule has 1 aromatic heterocycles. The van der Waals surface area contributed by atoms with Crippen LogP contribution < -0.4 is 11.1 Å². The van der Waals surface area contributed by atoms with Gasteiger partial charge in [-0.2, -0.15) is 0 Å². The lowest BCUT2D eigenvalue weighted by Crippen LogP contribution is -2.32. The van der Waals surface area contributed by atoms with Gasteiger partial charge in [0.15, 0.2) is 0 Å². The summed E-state index contributed by atoms with van der Waals surface area (Å²) in [6, 6.07) is 8.12. The van der Waals surface area contributed by atoms with E-state index in [0.29, 0.717) is 0 Å². The third-order valence-corrected chi connectivity index (χ3v) is 4.05. The van der Waals surface area contributed by atoms with Gasteiger partial charge in [-0.05, 0) is 24.6 Å². The van der Waals surface area contributed by atoms with Gasteiger partial charge < -0.3 is 11.1 Å². The molecule has 1 heterocycles. The van der Waals surface area contributed by atoms with Crippen LogP contribution in [0.1, 0.15) is 30.1 Å². The van der Waals surface area contributed by atoms with Crippen LogP contribution in [0.3, 0.4) is 0 Å². The highest BCUT2D eigenvalue weighted by Crippen LogP contribution is 2.23. The van der Waals surface area contributed by atoms with Gasteiger partial charge in [0.25, 0.3) is 0 Å². The fourth-order valence-electron chi connectivity index (χ4n) is 2.03. The van der Waals surface area contributed by atoms with Crippen molar-refractivity contribution < 1.29 is 0 Å². The van der Waals surface area contributed by atoms with Gasteiger partial charge >= 0.3 is 0 Å². The van der Waals surface area contributed by atoms with E-state index in [0.717, 1.165) is 29.5 Å². The van der Waals surface area contributed by atoms with Crippen LogP contribution in [0, 0.1) is 6.92 Å². The summed E-state index contributed by atoms with van der Waals surface area (Å²) < 4.78 is 0. The van der Waals surface area contributed by atoms with Crippen molar-refractivity contribution in [2.75, 3.05) is 12.3 Å². The lowest BCUT2D eigenvalue weighted by molar-refractivity contribution is 0.467. The number of thiazole rings is 1. The third-order valence-electron chi connectivity index (χ3n) is 3.23.